The minimum absolute atomic E-state index is 0.142. The second-order valence-corrected chi connectivity index (χ2v) is 6.83. The van der Waals surface area contributed by atoms with Crippen LogP contribution in [0.5, 0.6) is 5.75 Å². The Balaban J connectivity index is 1.74. The molecule has 6 heteroatoms. The number of benzene rings is 3. The van der Waals surface area contributed by atoms with E-state index in [1.807, 2.05) is 18.2 Å². The molecule has 3 aromatic carbocycles. The molecule has 0 unspecified atom stereocenters. The molecule has 29 heavy (non-hydrogen) atoms. The second-order valence-electron chi connectivity index (χ2n) is 6.43. The summed E-state index contributed by atoms with van der Waals surface area (Å²) < 4.78 is 25.0. The molecule has 0 amide bonds. The maximum Gasteiger partial charge on any atom is 0.230 e. The fraction of sp³-hybridized carbons (Fsp3) is 0.0870. The van der Waals surface area contributed by atoms with E-state index in [0.29, 0.717) is 33.2 Å². The van der Waals surface area contributed by atoms with Crippen molar-refractivity contribution >= 4 is 34.0 Å². The molecular weight excluding hydrogens is 393 g/mol. The summed E-state index contributed by atoms with van der Waals surface area (Å²) in [5, 5.41) is 4.24. The fourth-order valence-electron chi connectivity index (χ4n) is 3.14. The third-order valence-corrected chi connectivity index (χ3v) is 4.92. The van der Waals surface area contributed by atoms with E-state index in [4.69, 9.17) is 20.8 Å². The van der Waals surface area contributed by atoms with Gasteiger partial charge in [-0.1, -0.05) is 41.9 Å². The van der Waals surface area contributed by atoms with E-state index in [9.17, 15) is 9.18 Å². The zero-order valence-electron chi connectivity index (χ0n) is 15.5. The molecule has 0 spiro atoms. The molecule has 0 fully saturated rings. The molecule has 0 aliphatic rings. The van der Waals surface area contributed by atoms with Crippen molar-refractivity contribution in [2.24, 2.45) is 0 Å². The Bertz CT molecular complexity index is 1200. The van der Waals surface area contributed by atoms with Crippen LogP contribution in [0.15, 0.2) is 71.1 Å². The van der Waals surface area contributed by atoms with Crippen molar-refractivity contribution in [1.82, 2.24) is 0 Å². The van der Waals surface area contributed by atoms with Crippen LogP contribution in [-0.2, 0) is 6.54 Å². The topological polar surface area (TPSA) is 51.5 Å². The van der Waals surface area contributed by atoms with E-state index in [1.54, 1.807) is 36.4 Å². The van der Waals surface area contributed by atoms with Crippen LogP contribution >= 0.6 is 11.6 Å². The van der Waals surface area contributed by atoms with Crippen LogP contribution in [-0.4, -0.2) is 12.9 Å². The average molecular weight is 410 g/mol. The van der Waals surface area contributed by atoms with Gasteiger partial charge in [0, 0.05) is 23.1 Å². The SMILES string of the molecule is COc1ccc(C(=O)c2oc3ccccc3c2NCc2ccccc2F)cc1Cl. The quantitative estimate of drug-likeness (QED) is 0.392. The summed E-state index contributed by atoms with van der Waals surface area (Å²) in [5.74, 6) is -0.0288. The lowest BCUT2D eigenvalue weighted by molar-refractivity contribution is 0.101. The number of nitrogens with one attached hydrogen (secondary N) is 1. The molecule has 4 rings (SSSR count). The Morgan fingerprint density at radius 3 is 2.62 bits per heavy atom. The normalized spacial score (nSPS) is 10.9. The van der Waals surface area contributed by atoms with Gasteiger partial charge in [0.15, 0.2) is 5.76 Å². The minimum atomic E-state index is -0.332. The highest BCUT2D eigenvalue weighted by Crippen LogP contribution is 2.34. The smallest absolute Gasteiger partial charge is 0.230 e. The molecule has 146 valence electrons. The summed E-state index contributed by atoms with van der Waals surface area (Å²) in [6.07, 6.45) is 0. The number of ether oxygens (including phenoxy) is 1. The molecular formula is C23H17ClFNO3. The van der Waals surface area contributed by atoms with E-state index in [0.717, 1.165) is 5.39 Å². The summed E-state index contributed by atoms with van der Waals surface area (Å²) in [6.45, 7) is 0.208. The first kappa shape index (κ1) is 19.0. The molecule has 0 radical (unpaired) electrons. The summed E-state index contributed by atoms with van der Waals surface area (Å²) in [5.41, 5.74) is 1.93. The van der Waals surface area contributed by atoms with Gasteiger partial charge in [0.25, 0.3) is 0 Å². The van der Waals surface area contributed by atoms with Gasteiger partial charge in [-0.2, -0.15) is 0 Å². The van der Waals surface area contributed by atoms with Gasteiger partial charge in [0.1, 0.15) is 17.1 Å². The molecule has 0 aliphatic heterocycles. The van der Waals surface area contributed by atoms with Crippen LogP contribution in [0.2, 0.25) is 5.02 Å². The number of fused-ring (bicyclic) bond motifs is 1. The van der Waals surface area contributed by atoms with E-state index >= 15 is 0 Å². The number of ketones is 1. The fourth-order valence-corrected chi connectivity index (χ4v) is 3.40. The van der Waals surface area contributed by atoms with Crippen molar-refractivity contribution in [3.8, 4) is 5.75 Å². The summed E-state index contributed by atoms with van der Waals surface area (Å²) in [6, 6.07) is 18.6. The largest absolute Gasteiger partial charge is 0.495 e. The molecule has 0 saturated heterocycles. The molecule has 0 bridgehead atoms. The summed E-state index contributed by atoms with van der Waals surface area (Å²) in [7, 11) is 1.51. The Morgan fingerprint density at radius 1 is 1.10 bits per heavy atom. The van der Waals surface area contributed by atoms with Crippen molar-refractivity contribution in [1.29, 1.82) is 0 Å². The van der Waals surface area contributed by atoms with Crippen molar-refractivity contribution in [2.45, 2.75) is 6.54 Å². The van der Waals surface area contributed by atoms with Crippen molar-refractivity contribution in [3.63, 3.8) is 0 Å². The van der Waals surface area contributed by atoms with Crippen LogP contribution in [0.25, 0.3) is 11.0 Å². The van der Waals surface area contributed by atoms with Gasteiger partial charge in [-0.05, 0) is 36.4 Å². The van der Waals surface area contributed by atoms with Gasteiger partial charge in [-0.15, -0.1) is 0 Å². The maximum absolute atomic E-state index is 14.0. The number of rotatable bonds is 6. The predicted octanol–water partition coefficient (Wildman–Crippen LogP) is 6.08. The standard InChI is InChI=1S/C23H17ClFNO3/c1-28-20-11-10-14(12-17(20)24)22(27)23-21(16-7-3-5-9-19(16)29-23)26-13-15-6-2-4-8-18(15)25/h2-12,26H,13H2,1H3. The first-order valence-corrected chi connectivity index (χ1v) is 9.33. The first-order chi connectivity index (χ1) is 14.1. The van der Waals surface area contributed by atoms with Gasteiger partial charge in [0.05, 0.1) is 17.8 Å². The number of para-hydroxylation sites is 1. The number of carbonyl (C=O) groups is 1. The van der Waals surface area contributed by atoms with Crippen molar-refractivity contribution < 1.29 is 18.3 Å². The average Bonchev–Trinajstić information content (AvgIpc) is 3.11. The summed E-state index contributed by atoms with van der Waals surface area (Å²) in [4.78, 5) is 13.2. The van der Waals surface area contributed by atoms with Gasteiger partial charge in [0.2, 0.25) is 5.78 Å². The lowest BCUT2D eigenvalue weighted by Gasteiger charge is -2.09. The zero-order chi connectivity index (χ0) is 20.4. The highest BCUT2D eigenvalue weighted by molar-refractivity contribution is 6.32. The molecule has 0 atom stereocenters. The zero-order valence-corrected chi connectivity index (χ0v) is 16.3. The summed E-state index contributed by atoms with van der Waals surface area (Å²) >= 11 is 6.17. The van der Waals surface area contributed by atoms with Gasteiger partial charge >= 0.3 is 0 Å². The number of methoxy groups -OCH3 is 1. The van der Waals surface area contributed by atoms with Crippen LogP contribution < -0.4 is 10.1 Å². The Kier molecular flexibility index (Phi) is 5.23. The van der Waals surface area contributed by atoms with E-state index in [2.05, 4.69) is 5.32 Å². The van der Waals surface area contributed by atoms with E-state index in [-0.39, 0.29) is 23.9 Å². The number of hydrogen-bond acceptors (Lipinski definition) is 4. The van der Waals surface area contributed by atoms with Gasteiger partial charge in [-0.3, -0.25) is 4.79 Å². The van der Waals surface area contributed by atoms with Crippen LogP contribution in [0.4, 0.5) is 10.1 Å². The monoisotopic (exact) mass is 409 g/mol. The minimum Gasteiger partial charge on any atom is -0.495 e. The lowest BCUT2D eigenvalue weighted by Crippen LogP contribution is -2.07. The highest BCUT2D eigenvalue weighted by atomic mass is 35.5. The number of anilines is 1. The predicted molar refractivity (Wildman–Crippen MR) is 111 cm³/mol. The maximum atomic E-state index is 14.0. The number of hydrogen-bond donors (Lipinski definition) is 1. The number of carbonyl (C=O) groups excluding carboxylic acids is 1. The molecule has 4 aromatic rings. The van der Waals surface area contributed by atoms with Gasteiger partial charge in [-0.25, -0.2) is 4.39 Å². The molecule has 1 aromatic heterocycles. The Morgan fingerprint density at radius 2 is 1.86 bits per heavy atom. The molecule has 4 nitrogen and oxygen atoms in total. The van der Waals surface area contributed by atoms with Crippen LogP contribution in [0.3, 0.4) is 0 Å². The first-order valence-electron chi connectivity index (χ1n) is 8.95. The van der Waals surface area contributed by atoms with Crippen LogP contribution in [0.1, 0.15) is 21.7 Å². The highest BCUT2D eigenvalue weighted by Gasteiger charge is 2.22. The third kappa shape index (κ3) is 3.69. The van der Waals surface area contributed by atoms with Gasteiger partial charge < -0.3 is 14.5 Å². The molecule has 1 heterocycles. The lowest BCUT2D eigenvalue weighted by atomic mass is 10.1. The third-order valence-electron chi connectivity index (χ3n) is 4.63. The van der Waals surface area contributed by atoms with Crippen molar-refractivity contribution in [2.75, 3.05) is 12.4 Å². The van der Waals surface area contributed by atoms with Crippen molar-refractivity contribution in [3.05, 3.63) is 94.5 Å². The molecule has 1 N–H and O–H groups in total. The molecule has 0 aliphatic carbocycles. The second kappa shape index (κ2) is 7.97. The number of furan rings is 1. The number of halogens is 2. The van der Waals surface area contributed by atoms with E-state index in [1.165, 1.54) is 19.2 Å². The van der Waals surface area contributed by atoms with E-state index < -0.39 is 0 Å². The Hall–Kier alpha value is -3.31. The molecule has 0 saturated carbocycles. The Labute approximate surface area is 171 Å². The van der Waals surface area contributed by atoms with Crippen LogP contribution in [0, 0.1) is 5.82 Å².